The molecule has 0 spiro atoms. The van der Waals surface area contributed by atoms with E-state index >= 15 is 0 Å². The van der Waals surface area contributed by atoms with Crippen molar-refractivity contribution in [2.75, 3.05) is 11.9 Å². The van der Waals surface area contributed by atoms with Gasteiger partial charge in [-0.05, 0) is 37.3 Å². The Bertz CT molecular complexity index is 572. The second kappa shape index (κ2) is 6.15. The van der Waals surface area contributed by atoms with Gasteiger partial charge in [0.1, 0.15) is 0 Å². The molecule has 2 rings (SSSR count). The van der Waals surface area contributed by atoms with Gasteiger partial charge in [-0.25, -0.2) is 14.8 Å². The van der Waals surface area contributed by atoms with Crippen molar-refractivity contribution >= 4 is 29.2 Å². The van der Waals surface area contributed by atoms with E-state index in [4.69, 9.17) is 16.3 Å². The zero-order valence-corrected chi connectivity index (χ0v) is 11.0. The van der Waals surface area contributed by atoms with Gasteiger partial charge in [-0.1, -0.05) is 11.6 Å². The van der Waals surface area contributed by atoms with E-state index in [9.17, 15) is 4.79 Å². The standard InChI is InChI=1S/C13H12ClN3O2/c1-2-19-12(18)11-7-8-15-13(17-11)16-10-5-3-9(14)4-6-10/h3-8H,2H2,1H3,(H,15,16,17). The van der Waals surface area contributed by atoms with Crippen molar-refractivity contribution in [3.8, 4) is 0 Å². The molecule has 1 aromatic carbocycles. The SMILES string of the molecule is CCOC(=O)c1ccnc(Nc2ccc(Cl)cc2)n1. The Balaban J connectivity index is 2.15. The minimum atomic E-state index is -0.468. The zero-order chi connectivity index (χ0) is 13.7. The van der Waals surface area contributed by atoms with Gasteiger partial charge in [0.05, 0.1) is 6.61 Å². The molecular formula is C13H12ClN3O2. The van der Waals surface area contributed by atoms with Gasteiger partial charge in [0.2, 0.25) is 5.95 Å². The minimum Gasteiger partial charge on any atom is -0.461 e. The summed E-state index contributed by atoms with van der Waals surface area (Å²) in [6.45, 7) is 2.05. The zero-order valence-electron chi connectivity index (χ0n) is 10.3. The third kappa shape index (κ3) is 3.66. The van der Waals surface area contributed by atoms with Crippen molar-refractivity contribution in [3.05, 3.63) is 47.2 Å². The van der Waals surface area contributed by atoms with E-state index in [2.05, 4.69) is 15.3 Å². The average molecular weight is 278 g/mol. The first-order chi connectivity index (χ1) is 9.19. The topological polar surface area (TPSA) is 64.1 Å². The predicted molar refractivity (Wildman–Crippen MR) is 72.7 cm³/mol. The van der Waals surface area contributed by atoms with E-state index in [0.29, 0.717) is 17.6 Å². The highest BCUT2D eigenvalue weighted by Crippen LogP contribution is 2.16. The van der Waals surface area contributed by atoms with E-state index in [0.717, 1.165) is 5.69 Å². The first-order valence-corrected chi connectivity index (χ1v) is 6.09. The molecule has 5 nitrogen and oxygen atoms in total. The largest absolute Gasteiger partial charge is 0.461 e. The molecule has 0 bridgehead atoms. The average Bonchev–Trinajstić information content (AvgIpc) is 2.42. The molecule has 19 heavy (non-hydrogen) atoms. The normalized spacial score (nSPS) is 10.0. The molecule has 6 heteroatoms. The number of nitrogens with zero attached hydrogens (tertiary/aromatic N) is 2. The number of aromatic nitrogens is 2. The molecule has 0 aliphatic heterocycles. The second-order valence-electron chi connectivity index (χ2n) is 3.62. The van der Waals surface area contributed by atoms with Crippen molar-refractivity contribution in [1.29, 1.82) is 0 Å². The Labute approximate surface area is 115 Å². The van der Waals surface area contributed by atoms with Crippen LogP contribution in [0.25, 0.3) is 0 Å². The summed E-state index contributed by atoms with van der Waals surface area (Å²) < 4.78 is 4.87. The number of esters is 1. The molecule has 1 aromatic heterocycles. The van der Waals surface area contributed by atoms with Crippen LogP contribution in [0, 0.1) is 0 Å². The number of rotatable bonds is 4. The molecule has 0 amide bonds. The maximum absolute atomic E-state index is 11.5. The van der Waals surface area contributed by atoms with E-state index in [1.807, 2.05) is 0 Å². The van der Waals surface area contributed by atoms with E-state index in [1.54, 1.807) is 31.2 Å². The number of hydrogen-bond acceptors (Lipinski definition) is 5. The maximum atomic E-state index is 11.5. The summed E-state index contributed by atoms with van der Waals surface area (Å²) in [6, 6.07) is 8.59. The summed E-state index contributed by atoms with van der Waals surface area (Å²) in [5.74, 6) is -0.142. The van der Waals surface area contributed by atoms with Gasteiger partial charge in [-0.2, -0.15) is 0 Å². The van der Waals surface area contributed by atoms with Crippen molar-refractivity contribution < 1.29 is 9.53 Å². The first kappa shape index (κ1) is 13.3. The van der Waals surface area contributed by atoms with Crippen LogP contribution >= 0.6 is 11.6 Å². The fraction of sp³-hybridized carbons (Fsp3) is 0.154. The lowest BCUT2D eigenvalue weighted by atomic mass is 10.3. The number of carbonyl (C=O) groups excluding carboxylic acids is 1. The first-order valence-electron chi connectivity index (χ1n) is 5.72. The fourth-order valence-electron chi connectivity index (χ4n) is 1.40. The molecular weight excluding hydrogens is 266 g/mol. The molecule has 1 N–H and O–H groups in total. The lowest BCUT2D eigenvalue weighted by Crippen LogP contribution is -2.09. The highest BCUT2D eigenvalue weighted by Gasteiger charge is 2.09. The van der Waals surface area contributed by atoms with E-state index < -0.39 is 5.97 Å². The Morgan fingerprint density at radius 3 is 2.74 bits per heavy atom. The molecule has 98 valence electrons. The maximum Gasteiger partial charge on any atom is 0.357 e. The van der Waals surface area contributed by atoms with Crippen molar-refractivity contribution in [3.63, 3.8) is 0 Å². The molecule has 1 heterocycles. The van der Waals surface area contributed by atoms with Crippen molar-refractivity contribution in [2.45, 2.75) is 6.92 Å². The van der Waals surface area contributed by atoms with E-state index in [1.165, 1.54) is 12.3 Å². The summed E-state index contributed by atoms with van der Waals surface area (Å²) >= 11 is 5.80. The molecule has 0 fully saturated rings. The molecule has 0 atom stereocenters. The smallest absolute Gasteiger partial charge is 0.357 e. The van der Waals surface area contributed by atoms with Gasteiger partial charge < -0.3 is 10.1 Å². The molecule has 0 aliphatic carbocycles. The predicted octanol–water partition coefficient (Wildman–Crippen LogP) is 3.05. The molecule has 2 aromatic rings. The summed E-state index contributed by atoms with van der Waals surface area (Å²) in [4.78, 5) is 19.7. The lowest BCUT2D eigenvalue weighted by molar-refractivity contribution is 0.0519. The highest BCUT2D eigenvalue weighted by molar-refractivity contribution is 6.30. The van der Waals surface area contributed by atoms with Gasteiger partial charge in [0.15, 0.2) is 5.69 Å². The van der Waals surface area contributed by atoms with Crippen LogP contribution in [-0.2, 0) is 4.74 Å². The number of ether oxygens (including phenoxy) is 1. The summed E-state index contributed by atoms with van der Waals surface area (Å²) in [7, 11) is 0. The Kier molecular flexibility index (Phi) is 4.30. The summed E-state index contributed by atoms with van der Waals surface area (Å²) in [5, 5.41) is 3.62. The molecule has 0 unspecified atom stereocenters. The number of nitrogens with one attached hydrogen (secondary N) is 1. The monoisotopic (exact) mass is 277 g/mol. The molecule has 0 saturated carbocycles. The van der Waals surface area contributed by atoms with Crippen LogP contribution in [0.1, 0.15) is 17.4 Å². The number of benzene rings is 1. The third-order valence-corrected chi connectivity index (χ3v) is 2.49. The van der Waals surface area contributed by atoms with Gasteiger partial charge in [-0.15, -0.1) is 0 Å². The number of hydrogen-bond donors (Lipinski definition) is 1. The van der Waals surface area contributed by atoms with Crippen LogP contribution < -0.4 is 5.32 Å². The molecule has 0 radical (unpaired) electrons. The quantitative estimate of drug-likeness (QED) is 0.870. The van der Waals surface area contributed by atoms with Gasteiger partial charge in [0.25, 0.3) is 0 Å². The van der Waals surface area contributed by atoms with E-state index in [-0.39, 0.29) is 5.69 Å². The highest BCUT2D eigenvalue weighted by atomic mass is 35.5. The second-order valence-corrected chi connectivity index (χ2v) is 4.05. The number of carbonyl (C=O) groups is 1. The Hall–Kier alpha value is -2.14. The minimum absolute atomic E-state index is 0.216. The van der Waals surface area contributed by atoms with Crippen LogP contribution in [-0.4, -0.2) is 22.5 Å². The lowest BCUT2D eigenvalue weighted by Gasteiger charge is -2.06. The van der Waals surface area contributed by atoms with Crippen LogP contribution in [0.5, 0.6) is 0 Å². The van der Waals surface area contributed by atoms with Crippen LogP contribution in [0.3, 0.4) is 0 Å². The molecule has 0 aliphatic rings. The van der Waals surface area contributed by atoms with Gasteiger partial charge in [-0.3, -0.25) is 0 Å². The van der Waals surface area contributed by atoms with Crippen LogP contribution in [0.2, 0.25) is 5.02 Å². The van der Waals surface area contributed by atoms with Crippen molar-refractivity contribution in [2.24, 2.45) is 0 Å². The Morgan fingerprint density at radius 2 is 2.05 bits per heavy atom. The molecule has 0 saturated heterocycles. The summed E-state index contributed by atoms with van der Waals surface area (Å²) in [6.07, 6.45) is 1.50. The third-order valence-electron chi connectivity index (χ3n) is 2.24. The van der Waals surface area contributed by atoms with Crippen molar-refractivity contribution in [1.82, 2.24) is 9.97 Å². The summed E-state index contributed by atoms with van der Waals surface area (Å²) in [5.41, 5.74) is 0.999. The number of anilines is 2. The van der Waals surface area contributed by atoms with Crippen LogP contribution in [0.15, 0.2) is 36.5 Å². The van der Waals surface area contributed by atoms with Gasteiger partial charge >= 0.3 is 5.97 Å². The number of halogens is 1. The van der Waals surface area contributed by atoms with Crippen LogP contribution in [0.4, 0.5) is 11.6 Å². The van der Waals surface area contributed by atoms with Gasteiger partial charge in [0, 0.05) is 16.9 Å². The fourth-order valence-corrected chi connectivity index (χ4v) is 1.53. The Morgan fingerprint density at radius 1 is 1.32 bits per heavy atom.